The fourth-order valence-electron chi connectivity index (χ4n) is 4.79. The van der Waals surface area contributed by atoms with Gasteiger partial charge in [-0.3, -0.25) is 4.90 Å². The highest BCUT2D eigenvalue weighted by molar-refractivity contribution is 6.74. The van der Waals surface area contributed by atoms with Crippen LogP contribution < -0.4 is 15.0 Å². The molecule has 0 saturated heterocycles. The van der Waals surface area contributed by atoms with Crippen LogP contribution in [-0.2, 0) is 14.6 Å². The number of hydrogen-bond acceptors (Lipinski definition) is 9. The van der Waals surface area contributed by atoms with Crippen molar-refractivity contribution in [3.05, 3.63) is 53.9 Å². The van der Waals surface area contributed by atoms with Crippen LogP contribution in [0.1, 0.15) is 73.4 Å². The zero-order chi connectivity index (χ0) is 33.4. The predicted molar refractivity (Wildman–Crippen MR) is 180 cm³/mol. The van der Waals surface area contributed by atoms with Crippen LogP contribution in [0.5, 0.6) is 5.88 Å². The summed E-state index contributed by atoms with van der Waals surface area (Å²) in [6.07, 6.45) is 2.78. The smallest absolute Gasteiger partial charge is 0.414 e. The van der Waals surface area contributed by atoms with Gasteiger partial charge in [-0.25, -0.2) is 19.7 Å². The molecule has 0 radical (unpaired) electrons. The molecule has 0 bridgehead atoms. The first kappa shape index (κ1) is 33.9. The Morgan fingerprint density at radius 1 is 1.13 bits per heavy atom. The van der Waals surface area contributed by atoms with Gasteiger partial charge in [0.1, 0.15) is 17.4 Å². The number of rotatable bonds is 8. The minimum absolute atomic E-state index is 0.00795. The van der Waals surface area contributed by atoms with Crippen LogP contribution in [0.4, 0.5) is 22.1 Å². The number of ether oxygens (including phenoxy) is 2. The highest BCUT2D eigenvalue weighted by Crippen LogP contribution is 2.47. The second-order valence-electron chi connectivity index (χ2n) is 14.6. The molecule has 0 fully saturated rings. The number of aromatic nitrogens is 3. The fraction of sp³-hybridized carbons (Fsp3) is 0.500. The van der Waals surface area contributed by atoms with Gasteiger partial charge in [0.25, 0.3) is 0 Å². The van der Waals surface area contributed by atoms with E-state index in [4.69, 9.17) is 18.9 Å². The normalized spacial score (nSPS) is 16.7. The molecular formula is C34H46N6O4Si. The number of nitrogens with zero attached hydrogens (tertiary/aromatic N) is 5. The van der Waals surface area contributed by atoms with E-state index in [1.807, 2.05) is 52.8 Å². The van der Waals surface area contributed by atoms with Gasteiger partial charge < -0.3 is 19.2 Å². The van der Waals surface area contributed by atoms with Crippen molar-refractivity contribution in [2.24, 2.45) is 0 Å². The first-order valence-corrected chi connectivity index (χ1v) is 18.2. The second kappa shape index (κ2) is 12.4. The largest absolute Gasteiger partial charge is 0.473 e. The zero-order valence-corrected chi connectivity index (χ0v) is 29.4. The number of carbonyl (C=O) groups excluding carboxylic acids is 1. The van der Waals surface area contributed by atoms with E-state index in [1.54, 1.807) is 29.4 Å². The number of pyridine rings is 1. The van der Waals surface area contributed by atoms with Crippen molar-refractivity contribution in [1.82, 2.24) is 15.0 Å². The standard InChI is InChI=1S/C34H46N6O4Si/c1-22(2)43-29-27(13-12-15-36-29)39-30-37-16-14-26(38-30)23-17-24(19-35)28-25(18-23)34(9,21-42-45(10,11)33(6,7)8)20-40(28)31(41)44-32(3,4)5/h12-18,22H,20-21H2,1-11H3,(H,37,38,39). The Morgan fingerprint density at radius 3 is 2.47 bits per heavy atom. The molecule has 1 unspecified atom stereocenters. The first-order chi connectivity index (χ1) is 20.8. The van der Waals surface area contributed by atoms with Gasteiger partial charge >= 0.3 is 6.09 Å². The van der Waals surface area contributed by atoms with Gasteiger partial charge in [-0.2, -0.15) is 5.26 Å². The lowest BCUT2D eigenvalue weighted by Crippen LogP contribution is -2.46. The van der Waals surface area contributed by atoms with Crippen molar-refractivity contribution in [3.8, 4) is 23.2 Å². The summed E-state index contributed by atoms with van der Waals surface area (Å²) in [7, 11) is -2.13. The first-order valence-electron chi connectivity index (χ1n) is 15.3. The van der Waals surface area contributed by atoms with Crippen LogP contribution in [0.3, 0.4) is 0 Å². The van der Waals surface area contributed by atoms with E-state index in [-0.39, 0.29) is 11.1 Å². The molecule has 0 spiro atoms. The van der Waals surface area contributed by atoms with E-state index in [9.17, 15) is 10.1 Å². The van der Waals surface area contributed by atoms with Crippen molar-refractivity contribution in [2.45, 2.75) is 97.6 Å². The van der Waals surface area contributed by atoms with Gasteiger partial charge in [0.15, 0.2) is 8.32 Å². The summed E-state index contributed by atoms with van der Waals surface area (Å²) in [4.78, 5) is 28.7. The molecule has 1 aliphatic rings. The molecule has 240 valence electrons. The number of hydrogen-bond donors (Lipinski definition) is 1. The molecule has 3 aromatic rings. The summed E-state index contributed by atoms with van der Waals surface area (Å²) >= 11 is 0. The molecule has 11 heteroatoms. The summed E-state index contributed by atoms with van der Waals surface area (Å²) in [6, 6.07) is 11.6. The number of anilines is 3. The third-order valence-electron chi connectivity index (χ3n) is 8.15. The lowest BCUT2D eigenvalue weighted by Gasteiger charge is -2.39. The third-order valence-corrected chi connectivity index (χ3v) is 12.6. The third kappa shape index (κ3) is 7.63. The molecule has 1 atom stereocenters. The quantitative estimate of drug-likeness (QED) is 0.247. The Hall–Kier alpha value is -4.01. The number of nitriles is 1. The molecule has 45 heavy (non-hydrogen) atoms. The highest BCUT2D eigenvalue weighted by atomic mass is 28.4. The maximum atomic E-state index is 13.5. The van der Waals surface area contributed by atoms with Crippen LogP contribution >= 0.6 is 0 Å². The van der Waals surface area contributed by atoms with E-state index in [0.717, 1.165) is 11.1 Å². The minimum Gasteiger partial charge on any atom is -0.473 e. The Kier molecular flexibility index (Phi) is 9.34. The van der Waals surface area contributed by atoms with Gasteiger partial charge in [-0.15, -0.1) is 0 Å². The van der Waals surface area contributed by atoms with Crippen molar-refractivity contribution >= 4 is 31.7 Å². The molecule has 1 aliphatic heterocycles. The Balaban J connectivity index is 1.79. The SMILES string of the molecule is CC(C)Oc1ncccc1Nc1nccc(-c2cc(C#N)c3c(c2)C(C)(CO[Si](C)(C)C(C)(C)C)CN3C(=O)OC(C)(C)C)n1. The Bertz CT molecular complexity index is 1610. The number of amides is 1. The second-order valence-corrected chi connectivity index (χ2v) is 19.4. The van der Waals surface area contributed by atoms with Crippen LogP contribution in [0, 0.1) is 11.3 Å². The topological polar surface area (TPSA) is 122 Å². The maximum Gasteiger partial charge on any atom is 0.414 e. The molecule has 1 amide bonds. The maximum absolute atomic E-state index is 13.5. The average Bonchev–Trinajstić information content (AvgIpc) is 3.24. The number of nitrogens with one attached hydrogen (secondary N) is 1. The molecule has 10 nitrogen and oxygen atoms in total. The van der Waals surface area contributed by atoms with Gasteiger partial charge in [0.2, 0.25) is 11.8 Å². The van der Waals surface area contributed by atoms with E-state index >= 15 is 0 Å². The number of carbonyl (C=O) groups is 1. The Morgan fingerprint density at radius 2 is 1.84 bits per heavy atom. The summed E-state index contributed by atoms with van der Waals surface area (Å²) in [6.45, 7) is 23.2. The summed E-state index contributed by atoms with van der Waals surface area (Å²) in [5.74, 6) is 0.804. The van der Waals surface area contributed by atoms with Crippen LogP contribution in [0.25, 0.3) is 11.3 Å². The Labute approximate surface area is 268 Å². The molecule has 2 aromatic heterocycles. The fourth-order valence-corrected chi connectivity index (χ4v) is 5.90. The van der Waals surface area contributed by atoms with Crippen molar-refractivity contribution in [3.63, 3.8) is 0 Å². The van der Waals surface area contributed by atoms with Crippen molar-refractivity contribution in [2.75, 3.05) is 23.4 Å². The number of benzene rings is 1. The lowest BCUT2D eigenvalue weighted by atomic mass is 9.83. The highest BCUT2D eigenvalue weighted by Gasteiger charge is 2.47. The molecule has 1 N–H and O–H groups in total. The van der Waals surface area contributed by atoms with E-state index < -0.39 is 25.4 Å². The van der Waals surface area contributed by atoms with Gasteiger partial charge in [0.05, 0.1) is 23.0 Å². The van der Waals surface area contributed by atoms with Gasteiger partial charge in [-0.05, 0) is 88.6 Å². The molecule has 4 rings (SSSR count). The minimum atomic E-state index is -2.13. The van der Waals surface area contributed by atoms with E-state index in [2.05, 4.69) is 62.1 Å². The van der Waals surface area contributed by atoms with Crippen LogP contribution in [0.2, 0.25) is 18.1 Å². The predicted octanol–water partition coefficient (Wildman–Crippen LogP) is 7.98. The molecule has 0 aliphatic carbocycles. The summed E-state index contributed by atoms with van der Waals surface area (Å²) in [5, 5.41) is 13.6. The average molecular weight is 631 g/mol. The monoisotopic (exact) mass is 630 g/mol. The summed E-state index contributed by atoms with van der Waals surface area (Å²) in [5.41, 5.74) is 2.44. The van der Waals surface area contributed by atoms with Gasteiger partial charge in [0, 0.05) is 36.5 Å². The van der Waals surface area contributed by atoms with Crippen LogP contribution in [-0.4, -0.2) is 54.2 Å². The molecule has 0 saturated carbocycles. The van der Waals surface area contributed by atoms with Crippen molar-refractivity contribution < 1.29 is 18.7 Å². The molecular weight excluding hydrogens is 584 g/mol. The van der Waals surface area contributed by atoms with Crippen LogP contribution in [0.15, 0.2) is 42.7 Å². The number of fused-ring (bicyclic) bond motifs is 1. The zero-order valence-electron chi connectivity index (χ0n) is 28.4. The molecule has 3 heterocycles. The molecule has 1 aromatic carbocycles. The lowest BCUT2D eigenvalue weighted by molar-refractivity contribution is 0.0575. The van der Waals surface area contributed by atoms with E-state index in [1.165, 1.54) is 0 Å². The van der Waals surface area contributed by atoms with Gasteiger partial charge in [-0.1, -0.05) is 27.7 Å². The van der Waals surface area contributed by atoms with Crippen molar-refractivity contribution in [1.29, 1.82) is 5.26 Å². The summed E-state index contributed by atoms with van der Waals surface area (Å²) < 4.78 is 18.4. The van der Waals surface area contributed by atoms with E-state index in [0.29, 0.717) is 47.6 Å².